The van der Waals surface area contributed by atoms with Crippen molar-refractivity contribution in [3.63, 3.8) is 0 Å². The molecule has 1 heterocycles. The van der Waals surface area contributed by atoms with Crippen LogP contribution < -0.4 is 15.0 Å². The molecular formula is C22H28N2O2. The van der Waals surface area contributed by atoms with Crippen molar-refractivity contribution < 1.29 is 9.53 Å². The van der Waals surface area contributed by atoms with Gasteiger partial charge in [-0.05, 0) is 55.0 Å². The Labute approximate surface area is 156 Å². The number of anilines is 2. The fourth-order valence-corrected chi connectivity index (χ4v) is 3.39. The Morgan fingerprint density at radius 1 is 1.15 bits per heavy atom. The summed E-state index contributed by atoms with van der Waals surface area (Å²) in [6.07, 6.45) is 2.41. The number of nitrogens with zero attached hydrogens (tertiary/aromatic N) is 1. The lowest BCUT2D eigenvalue weighted by Crippen LogP contribution is -2.24. The van der Waals surface area contributed by atoms with Crippen LogP contribution in [0.25, 0.3) is 0 Å². The smallest absolute Gasteiger partial charge is 0.262 e. The highest BCUT2D eigenvalue weighted by molar-refractivity contribution is 5.95. The van der Waals surface area contributed by atoms with E-state index in [1.165, 1.54) is 12.8 Å². The predicted octanol–water partition coefficient (Wildman–Crippen LogP) is 4.74. The number of nitrogens with one attached hydrogen (secondary N) is 1. The standard InChI is InChI=1S/C22H28N2O2/c1-16(2)18-11-10-17(3)14-21(18)26-15-22(25)23-19-8-4-5-9-20(19)24-12-6-7-13-24/h4-5,8-11,14,16H,6-7,12-13,15H2,1-3H3,(H,23,25). The number of aryl methyl sites for hydroxylation is 1. The second-order valence-electron chi connectivity index (χ2n) is 7.24. The number of carbonyl (C=O) groups is 1. The number of rotatable bonds is 6. The van der Waals surface area contributed by atoms with E-state index in [1.807, 2.05) is 31.2 Å². The van der Waals surface area contributed by atoms with Crippen molar-refractivity contribution in [1.82, 2.24) is 0 Å². The maximum absolute atomic E-state index is 12.5. The summed E-state index contributed by atoms with van der Waals surface area (Å²) in [4.78, 5) is 14.8. The van der Waals surface area contributed by atoms with Crippen LogP contribution in [-0.4, -0.2) is 25.6 Å². The van der Waals surface area contributed by atoms with Gasteiger partial charge in [-0.15, -0.1) is 0 Å². The zero-order valence-electron chi connectivity index (χ0n) is 15.9. The second kappa shape index (κ2) is 8.26. The predicted molar refractivity (Wildman–Crippen MR) is 107 cm³/mol. The molecule has 138 valence electrons. The summed E-state index contributed by atoms with van der Waals surface area (Å²) in [5.41, 5.74) is 4.21. The first-order valence-electron chi connectivity index (χ1n) is 9.42. The molecule has 2 aromatic carbocycles. The Morgan fingerprint density at radius 3 is 2.62 bits per heavy atom. The summed E-state index contributed by atoms with van der Waals surface area (Å²) >= 11 is 0. The first-order valence-corrected chi connectivity index (χ1v) is 9.42. The second-order valence-corrected chi connectivity index (χ2v) is 7.24. The molecule has 0 bridgehead atoms. The molecule has 3 rings (SSSR count). The van der Waals surface area contributed by atoms with Gasteiger partial charge in [-0.1, -0.05) is 38.1 Å². The van der Waals surface area contributed by atoms with Gasteiger partial charge < -0.3 is 15.0 Å². The third kappa shape index (κ3) is 4.37. The minimum Gasteiger partial charge on any atom is -0.483 e. The molecule has 1 aliphatic rings. The van der Waals surface area contributed by atoms with Gasteiger partial charge in [0.15, 0.2) is 6.61 Å². The molecular weight excluding hydrogens is 324 g/mol. The van der Waals surface area contributed by atoms with E-state index in [4.69, 9.17) is 4.74 Å². The molecule has 0 spiro atoms. The summed E-state index contributed by atoms with van der Waals surface area (Å²) < 4.78 is 5.85. The highest BCUT2D eigenvalue weighted by atomic mass is 16.5. The van der Waals surface area contributed by atoms with Gasteiger partial charge in [0.1, 0.15) is 5.75 Å². The first-order chi connectivity index (χ1) is 12.5. The number of hydrogen-bond acceptors (Lipinski definition) is 3. The maximum Gasteiger partial charge on any atom is 0.262 e. The third-order valence-electron chi connectivity index (χ3n) is 4.77. The molecule has 1 fully saturated rings. The van der Waals surface area contributed by atoms with Gasteiger partial charge in [-0.25, -0.2) is 0 Å². The van der Waals surface area contributed by atoms with E-state index in [2.05, 4.69) is 42.3 Å². The third-order valence-corrected chi connectivity index (χ3v) is 4.77. The minimum atomic E-state index is -0.132. The Morgan fingerprint density at radius 2 is 1.88 bits per heavy atom. The van der Waals surface area contributed by atoms with Gasteiger partial charge in [-0.2, -0.15) is 0 Å². The number of hydrogen-bond donors (Lipinski definition) is 1. The number of amides is 1. The van der Waals surface area contributed by atoms with Crippen molar-refractivity contribution in [2.75, 3.05) is 29.9 Å². The highest BCUT2D eigenvalue weighted by Gasteiger charge is 2.17. The van der Waals surface area contributed by atoms with E-state index in [1.54, 1.807) is 0 Å². The molecule has 4 nitrogen and oxygen atoms in total. The van der Waals surface area contributed by atoms with E-state index in [0.717, 1.165) is 41.3 Å². The van der Waals surface area contributed by atoms with Crippen molar-refractivity contribution in [3.8, 4) is 5.75 Å². The molecule has 1 saturated heterocycles. The monoisotopic (exact) mass is 352 g/mol. The Hall–Kier alpha value is -2.49. The first kappa shape index (κ1) is 18.3. The Bertz CT molecular complexity index is 764. The highest BCUT2D eigenvalue weighted by Crippen LogP contribution is 2.29. The van der Waals surface area contributed by atoms with E-state index in [-0.39, 0.29) is 12.5 Å². The molecule has 1 N–H and O–H groups in total. The van der Waals surface area contributed by atoms with Gasteiger partial charge in [0.25, 0.3) is 5.91 Å². The van der Waals surface area contributed by atoms with Crippen molar-refractivity contribution >= 4 is 17.3 Å². The van der Waals surface area contributed by atoms with Crippen LogP contribution in [0.2, 0.25) is 0 Å². The molecule has 0 unspecified atom stereocenters. The average Bonchev–Trinajstić information content (AvgIpc) is 3.14. The van der Waals surface area contributed by atoms with E-state index in [9.17, 15) is 4.79 Å². The normalized spacial score (nSPS) is 13.9. The molecule has 0 saturated carbocycles. The van der Waals surface area contributed by atoms with Gasteiger partial charge in [-0.3, -0.25) is 4.79 Å². The number of para-hydroxylation sites is 2. The van der Waals surface area contributed by atoms with Crippen LogP contribution in [0.5, 0.6) is 5.75 Å². The van der Waals surface area contributed by atoms with Gasteiger partial charge in [0.05, 0.1) is 11.4 Å². The quantitative estimate of drug-likeness (QED) is 0.817. The van der Waals surface area contributed by atoms with Crippen molar-refractivity contribution in [2.45, 2.75) is 39.5 Å². The summed E-state index contributed by atoms with van der Waals surface area (Å²) in [7, 11) is 0. The summed E-state index contributed by atoms with van der Waals surface area (Å²) in [5.74, 6) is 1.01. The van der Waals surface area contributed by atoms with Crippen molar-refractivity contribution in [3.05, 3.63) is 53.6 Å². The zero-order chi connectivity index (χ0) is 18.5. The van der Waals surface area contributed by atoms with Gasteiger partial charge >= 0.3 is 0 Å². The van der Waals surface area contributed by atoms with Crippen LogP contribution in [0.3, 0.4) is 0 Å². The molecule has 1 aliphatic heterocycles. The van der Waals surface area contributed by atoms with E-state index >= 15 is 0 Å². The molecule has 0 atom stereocenters. The van der Waals surface area contributed by atoms with Crippen LogP contribution in [-0.2, 0) is 4.79 Å². The molecule has 0 radical (unpaired) electrons. The van der Waals surface area contributed by atoms with E-state index in [0.29, 0.717) is 5.92 Å². The van der Waals surface area contributed by atoms with Crippen LogP contribution in [0.1, 0.15) is 43.7 Å². The largest absolute Gasteiger partial charge is 0.483 e. The SMILES string of the molecule is Cc1ccc(C(C)C)c(OCC(=O)Nc2ccccc2N2CCCC2)c1. The fraction of sp³-hybridized carbons (Fsp3) is 0.409. The van der Waals surface area contributed by atoms with Crippen LogP contribution in [0.4, 0.5) is 11.4 Å². The topological polar surface area (TPSA) is 41.6 Å². The Kier molecular flexibility index (Phi) is 5.82. The van der Waals surface area contributed by atoms with Crippen LogP contribution in [0, 0.1) is 6.92 Å². The molecule has 0 aromatic heterocycles. The molecule has 4 heteroatoms. The lowest BCUT2D eigenvalue weighted by Gasteiger charge is -2.21. The molecule has 26 heavy (non-hydrogen) atoms. The van der Waals surface area contributed by atoms with E-state index < -0.39 is 0 Å². The van der Waals surface area contributed by atoms with Crippen molar-refractivity contribution in [1.29, 1.82) is 0 Å². The zero-order valence-corrected chi connectivity index (χ0v) is 15.9. The molecule has 1 amide bonds. The number of ether oxygens (including phenoxy) is 1. The lowest BCUT2D eigenvalue weighted by atomic mass is 10.0. The Balaban J connectivity index is 1.66. The minimum absolute atomic E-state index is 0.0114. The van der Waals surface area contributed by atoms with Gasteiger partial charge in [0.2, 0.25) is 0 Å². The maximum atomic E-state index is 12.5. The number of carbonyl (C=O) groups excluding carboxylic acids is 1. The summed E-state index contributed by atoms with van der Waals surface area (Å²) in [6.45, 7) is 8.39. The summed E-state index contributed by atoms with van der Waals surface area (Å²) in [6, 6.07) is 14.1. The van der Waals surface area contributed by atoms with Gasteiger partial charge in [0, 0.05) is 13.1 Å². The lowest BCUT2D eigenvalue weighted by molar-refractivity contribution is -0.118. The molecule has 0 aliphatic carbocycles. The van der Waals surface area contributed by atoms with Crippen LogP contribution in [0.15, 0.2) is 42.5 Å². The number of benzene rings is 2. The van der Waals surface area contributed by atoms with Crippen LogP contribution >= 0.6 is 0 Å². The average molecular weight is 352 g/mol. The fourth-order valence-electron chi connectivity index (χ4n) is 3.39. The van der Waals surface area contributed by atoms with Crippen molar-refractivity contribution in [2.24, 2.45) is 0 Å². The molecule has 2 aromatic rings. The summed E-state index contributed by atoms with van der Waals surface area (Å²) in [5, 5.41) is 3.02.